The second-order valence-electron chi connectivity index (χ2n) is 9.21. The molecule has 0 heterocycles. The molecule has 0 bridgehead atoms. The maximum Gasteiger partial charge on any atom is 0.0126 e. The second-order valence-corrected chi connectivity index (χ2v) is 13.9. The zero-order valence-corrected chi connectivity index (χ0v) is 24.5. The number of benzene rings is 4. The van der Waals surface area contributed by atoms with E-state index in [9.17, 15) is 0 Å². The molecular formula is C34H34P2Rh. The van der Waals surface area contributed by atoms with Crippen LogP contribution in [0.5, 0.6) is 0 Å². The molecule has 1 aliphatic carbocycles. The van der Waals surface area contributed by atoms with Crippen LogP contribution in [0.1, 0.15) is 25.7 Å². The van der Waals surface area contributed by atoms with Crippen LogP contribution >= 0.6 is 15.8 Å². The van der Waals surface area contributed by atoms with Crippen LogP contribution in [-0.2, 0) is 19.5 Å². The van der Waals surface area contributed by atoms with E-state index in [1.807, 2.05) is 0 Å². The van der Waals surface area contributed by atoms with Crippen LogP contribution in [-0.4, -0.2) is 11.8 Å². The summed E-state index contributed by atoms with van der Waals surface area (Å²) in [5.74, 6) is 0. The predicted molar refractivity (Wildman–Crippen MR) is 162 cm³/mol. The summed E-state index contributed by atoms with van der Waals surface area (Å²) in [4.78, 5) is 0. The maximum atomic E-state index is 2.60. The molecule has 0 saturated carbocycles. The Labute approximate surface area is 238 Å². The van der Waals surface area contributed by atoms with Gasteiger partial charge >= 0.3 is 0 Å². The van der Waals surface area contributed by atoms with E-state index in [2.05, 4.69) is 140 Å². The first-order valence-corrected chi connectivity index (χ1v) is 15.9. The van der Waals surface area contributed by atoms with Gasteiger partial charge in [0.2, 0.25) is 0 Å². The van der Waals surface area contributed by atoms with Gasteiger partial charge in [-0.1, -0.05) is 145 Å². The van der Waals surface area contributed by atoms with Gasteiger partial charge in [0.1, 0.15) is 0 Å². The van der Waals surface area contributed by atoms with Crippen molar-refractivity contribution in [1.29, 1.82) is 0 Å². The molecule has 37 heavy (non-hydrogen) atoms. The molecule has 4 aromatic rings. The molecule has 5 rings (SSSR count). The van der Waals surface area contributed by atoms with Gasteiger partial charge in [-0.05, 0) is 68.9 Å². The molecule has 3 heteroatoms. The zero-order valence-electron chi connectivity index (χ0n) is 21.1. The smallest absolute Gasteiger partial charge is 0.0126 e. The van der Waals surface area contributed by atoms with E-state index in [1.165, 1.54) is 27.4 Å². The first-order valence-electron chi connectivity index (χ1n) is 13.0. The molecule has 0 spiro atoms. The number of rotatable bonds is 8. The molecule has 1 atom stereocenters. The van der Waals surface area contributed by atoms with E-state index >= 15 is 0 Å². The largest absolute Gasteiger partial charge is 0.0882 e. The van der Waals surface area contributed by atoms with Crippen molar-refractivity contribution in [3.05, 3.63) is 145 Å². The Morgan fingerprint density at radius 3 is 1.43 bits per heavy atom. The first-order chi connectivity index (χ1) is 17.9. The fourth-order valence-corrected chi connectivity index (χ4v) is 11.1. The fourth-order valence-electron chi connectivity index (χ4n) is 5.05. The van der Waals surface area contributed by atoms with Crippen molar-refractivity contribution in [2.75, 3.05) is 6.16 Å². The number of hydrogen-bond donors (Lipinski definition) is 0. The quantitative estimate of drug-likeness (QED) is 0.110. The molecule has 189 valence electrons. The Bertz CT molecular complexity index is 1180. The first kappa shape index (κ1) is 27.9. The molecule has 1 radical (unpaired) electrons. The van der Waals surface area contributed by atoms with Crippen molar-refractivity contribution >= 4 is 37.1 Å². The Balaban J connectivity index is 0.00000320. The van der Waals surface area contributed by atoms with E-state index in [-0.39, 0.29) is 19.5 Å². The topological polar surface area (TPSA) is 0 Å². The molecule has 0 fully saturated rings. The molecule has 1 aliphatic rings. The van der Waals surface area contributed by atoms with Gasteiger partial charge in [-0.2, -0.15) is 0 Å². The van der Waals surface area contributed by atoms with Crippen LogP contribution in [0.4, 0.5) is 0 Å². The van der Waals surface area contributed by atoms with Gasteiger partial charge < -0.3 is 0 Å². The summed E-state index contributed by atoms with van der Waals surface area (Å²) in [7, 11) is -1.03. The fraction of sp³-hybridized carbons (Fsp3) is 0.176. The van der Waals surface area contributed by atoms with E-state index in [0.29, 0.717) is 5.66 Å². The number of allylic oxidation sites excluding steroid dienone is 4. The van der Waals surface area contributed by atoms with Crippen molar-refractivity contribution in [3.63, 3.8) is 0 Å². The third-order valence-corrected chi connectivity index (χ3v) is 12.5. The van der Waals surface area contributed by atoms with E-state index in [4.69, 9.17) is 0 Å². The van der Waals surface area contributed by atoms with Crippen LogP contribution in [0, 0.1) is 0 Å². The van der Waals surface area contributed by atoms with Crippen LogP contribution in [0.25, 0.3) is 0 Å². The van der Waals surface area contributed by atoms with E-state index in [0.717, 1.165) is 25.7 Å². The summed E-state index contributed by atoms with van der Waals surface area (Å²) in [6.45, 7) is 0. The minimum absolute atomic E-state index is 0. The second kappa shape index (κ2) is 14.7. The molecule has 0 nitrogen and oxygen atoms in total. The third-order valence-electron chi connectivity index (χ3n) is 6.81. The summed E-state index contributed by atoms with van der Waals surface area (Å²) >= 11 is 0. The molecule has 0 amide bonds. The molecule has 1 unspecified atom stereocenters. The summed E-state index contributed by atoms with van der Waals surface area (Å²) in [6, 6.07) is 45.1. The molecule has 0 N–H and O–H groups in total. The van der Waals surface area contributed by atoms with Gasteiger partial charge in [-0.3, -0.25) is 0 Å². The summed E-state index contributed by atoms with van der Waals surface area (Å²) in [5.41, 5.74) is 2.17. The van der Waals surface area contributed by atoms with Crippen molar-refractivity contribution in [2.24, 2.45) is 0 Å². The van der Waals surface area contributed by atoms with Gasteiger partial charge in [-0.25, -0.2) is 0 Å². The minimum atomic E-state index is -0.547. The summed E-state index contributed by atoms with van der Waals surface area (Å²) in [6.07, 6.45) is 13.1. The Hall–Kier alpha value is -2.16. The van der Waals surface area contributed by atoms with E-state index < -0.39 is 15.8 Å². The summed E-state index contributed by atoms with van der Waals surface area (Å²) < 4.78 is 0. The van der Waals surface area contributed by atoms with Crippen molar-refractivity contribution in [3.8, 4) is 0 Å². The average molecular weight is 608 g/mol. The van der Waals surface area contributed by atoms with E-state index in [1.54, 1.807) is 5.57 Å². The molecule has 0 aromatic heterocycles. The number of hydrogen-bond acceptors (Lipinski definition) is 0. The molecule has 0 saturated heterocycles. The molecule has 0 aliphatic heterocycles. The zero-order chi connectivity index (χ0) is 24.4. The standard InChI is InChI=1S/C34H34P2.Rh/c1-2-8-18-29(19-9-3-1)34(36(32-24-14-6-15-25-32)33-26-16-7-17-27-33)28-35(30-20-10-4-11-21-30)31-22-12-5-13-23-31;/h1-2,4-7,10-17,19-27,34H,3,8-9,18,28H2;. The minimum Gasteiger partial charge on any atom is -0.0882 e. The normalized spacial score (nSPS) is 14.4. The van der Waals surface area contributed by atoms with Gasteiger partial charge in [0, 0.05) is 25.1 Å². The predicted octanol–water partition coefficient (Wildman–Crippen LogP) is 7.67. The third kappa shape index (κ3) is 7.46. The van der Waals surface area contributed by atoms with Crippen LogP contribution < -0.4 is 21.2 Å². The van der Waals surface area contributed by atoms with Crippen LogP contribution in [0.3, 0.4) is 0 Å². The Morgan fingerprint density at radius 2 is 0.946 bits per heavy atom. The van der Waals surface area contributed by atoms with Crippen LogP contribution in [0.2, 0.25) is 0 Å². The van der Waals surface area contributed by atoms with Gasteiger partial charge in [-0.15, -0.1) is 0 Å². The Morgan fingerprint density at radius 1 is 0.514 bits per heavy atom. The van der Waals surface area contributed by atoms with Crippen molar-refractivity contribution in [2.45, 2.75) is 31.3 Å². The van der Waals surface area contributed by atoms with Crippen molar-refractivity contribution < 1.29 is 19.5 Å². The average Bonchev–Trinajstić information content (AvgIpc) is 2.93. The van der Waals surface area contributed by atoms with Gasteiger partial charge in [0.05, 0.1) is 0 Å². The monoisotopic (exact) mass is 607 g/mol. The summed E-state index contributed by atoms with van der Waals surface area (Å²) in [5, 5.41) is 5.92. The van der Waals surface area contributed by atoms with Crippen molar-refractivity contribution in [1.82, 2.24) is 0 Å². The Kier molecular flexibility index (Phi) is 11.1. The SMILES string of the molecule is C1=CCCC(C(CP(c2ccccc2)c2ccccc2)P(c2ccccc2)c2ccccc2)=CCC1.[Rh]. The molecule has 4 aromatic carbocycles. The van der Waals surface area contributed by atoms with Crippen LogP contribution in [0.15, 0.2) is 145 Å². The van der Waals surface area contributed by atoms with Gasteiger partial charge in [0.15, 0.2) is 0 Å². The molecular weight excluding hydrogens is 573 g/mol. The maximum absolute atomic E-state index is 2.60. The van der Waals surface area contributed by atoms with Gasteiger partial charge in [0.25, 0.3) is 0 Å².